The summed E-state index contributed by atoms with van der Waals surface area (Å²) in [6, 6.07) is 10.3. The van der Waals surface area contributed by atoms with Gasteiger partial charge in [0.2, 0.25) is 0 Å². The lowest BCUT2D eigenvalue weighted by atomic mass is 10.0. The van der Waals surface area contributed by atoms with Crippen LogP contribution < -0.4 is 0 Å². The van der Waals surface area contributed by atoms with Gasteiger partial charge < -0.3 is 9.84 Å². The van der Waals surface area contributed by atoms with Crippen molar-refractivity contribution in [2.45, 2.75) is 31.3 Å². The molecule has 0 heterocycles. The van der Waals surface area contributed by atoms with Crippen molar-refractivity contribution in [1.29, 1.82) is 5.26 Å². The van der Waals surface area contributed by atoms with E-state index in [1.165, 1.54) is 18.4 Å². The van der Waals surface area contributed by atoms with E-state index in [-0.39, 0.29) is 6.61 Å². The van der Waals surface area contributed by atoms with Crippen molar-refractivity contribution in [3.05, 3.63) is 35.4 Å². The fraction of sp³-hybridized carbons (Fsp3) is 0.500. The fourth-order valence-electron chi connectivity index (χ4n) is 1.87. The summed E-state index contributed by atoms with van der Waals surface area (Å²) in [5.41, 5.74) is 2.24. The highest BCUT2D eigenvalue weighted by atomic mass is 16.5. The summed E-state index contributed by atoms with van der Waals surface area (Å²) in [6.07, 6.45) is 2.57. The summed E-state index contributed by atoms with van der Waals surface area (Å²) in [7, 11) is 0. The van der Waals surface area contributed by atoms with Crippen LogP contribution in [0.2, 0.25) is 0 Å². The van der Waals surface area contributed by atoms with Crippen molar-refractivity contribution in [3.8, 4) is 6.07 Å². The molecule has 1 aromatic carbocycles. The van der Waals surface area contributed by atoms with Gasteiger partial charge in [0.25, 0.3) is 0 Å². The Labute approximate surface area is 102 Å². The lowest BCUT2D eigenvalue weighted by Crippen LogP contribution is -2.05. The number of nitrogens with zero attached hydrogens (tertiary/aromatic N) is 1. The standard InChI is InChI=1S/C14H17NO2/c15-10-14(17-8-2-7-16)13-4-1-3-12(9-13)11-5-6-11/h1,3-4,9,11,14,16H,2,5-8H2. The highest BCUT2D eigenvalue weighted by Gasteiger charge is 2.24. The third-order valence-electron chi connectivity index (χ3n) is 2.97. The zero-order valence-electron chi connectivity index (χ0n) is 9.80. The molecule has 0 saturated heterocycles. The van der Waals surface area contributed by atoms with Crippen molar-refractivity contribution >= 4 is 0 Å². The van der Waals surface area contributed by atoms with Crippen LogP contribution >= 0.6 is 0 Å². The van der Waals surface area contributed by atoms with Gasteiger partial charge in [0.1, 0.15) is 0 Å². The summed E-state index contributed by atoms with van der Waals surface area (Å²) < 4.78 is 5.45. The predicted molar refractivity (Wildman–Crippen MR) is 64.4 cm³/mol. The summed E-state index contributed by atoms with van der Waals surface area (Å²) >= 11 is 0. The van der Waals surface area contributed by atoms with Crippen molar-refractivity contribution in [1.82, 2.24) is 0 Å². The minimum atomic E-state index is -0.514. The number of ether oxygens (including phenoxy) is 1. The van der Waals surface area contributed by atoms with E-state index < -0.39 is 6.10 Å². The number of hydrogen-bond donors (Lipinski definition) is 1. The molecule has 0 aromatic heterocycles. The summed E-state index contributed by atoms with van der Waals surface area (Å²) in [4.78, 5) is 0. The fourth-order valence-corrected chi connectivity index (χ4v) is 1.87. The van der Waals surface area contributed by atoms with Crippen LogP contribution in [0.4, 0.5) is 0 Å². The SMILES string of the molecule is N#CC(OCCCO)c1cccc(C2CC2)c1. The first-order chi connectivity index (χ1) is 8.35. The van der Waals surface area contributed by atoms with E-state index >= 15 is 0 Å². The largest absolute Gasteiger partial charge is 0.396 e. The Morgan fingerprint density at radius 2 is 2.29 bits per heavy atom. The van der Waals surface area contributed by atoms with Crippen molar-refractivity contribution in [2.75, 3.05) is 13.2 Å². The molecule has 90 valence electrons. The normalized spacial score (nSPS) is 16.5. The zero-order valence-corrected chi connectivity index (χ0v) is 9.80. The minimum Gasteiger partial charge on any atom is -0.396 e. The number of nitriles is 1. The second-order valence-corrected chi connectivity index (χ2v) is 4.40. The average Bonchev–Trinajstić information content (AvgIpc) is 3.19. The molecule has 1 atom stereocenters. The molecule has 1 saturated carbocycles. The molecule has 1 aromatic rings. The predicted octanol–water partition coefficient (Wildman–Crippen LogP) is 2.53. The van der Waals surface area contributed by atoms with Gasteiger partial charge in [-0.05, 0) is 36.3 Å². The highest BCUT2D eigenvalue weighted by molar-refractivity contribution is 5.32. The molecule has 2 rings (SSSR count). The van der Waals surface area contributed by atoms with Crippen molar-refractivity contribution in [2.24, 2.45) is 0 Å². The average molecular weight is 231 g/mol. The molecular weight excluding hydrogens is 214 g/mol. The number of rotatable bonds is 6. The van der Waals surface area contributed by atoms with E-state index in [9.17, 15) is 0 Å². The molecule has 0 radical (unpaired) electrons. The topological polar surface area (TPSA) is 53.2 Å². The van der Waals surface area contributed by atoms with Crippen molar-refractivity contribution < 1.29 is 9.84 Å². The van der Waals surface area contributed by atoms with Gasteiger partial charge in [0, 0.05) is 6.61 Å². The summed E-state index contributed by atoms with van der Waals surface area (Å²) in [6.45, 7) is 0.517. The molecule has 0 bridgehead atoms. The van der Waals surface area contributed by atoms with Gasteiger partial charge in [-0.3, -0.25) is 0 Å². The number of aliphatic hydroxyl groups excluding tert-OH is 1. The number of benzene rings is 1. The first kappa shape index (κ1) is 12.1. The molecule has 0 amide bonds. The molecule has 1 aliphatic rings. The number of hydrogen-bond acceptors (Lipinski definition) is 3. The maximum Gasteiger partial charge on any atom is 0.169 e. The number of aliphatic hydroxyl groups is 1. The smallest absolute Gasteiger partial charge is 0.169 e. The van der Waals surface area contributed by atoms with Crippen LogP contribution in [0.3, 0.4) is 0 Å². The van der Waals surface area contributed by atoms with Gasteiger partial charge in [-0.1, -0.05) is 24.3 Å². The van der Waals surface area contributed by atoms with Crippen LogP contribution in [0.25, 0.3) is 0 Å². The third kappa shape index (κ3) is 3.29. The van der Waals surface area contributed by atoms with E-state index in [0.29, 0.717) is 18.9 Å². The van der Waals surface area contributed by atoms with E-state index in [0.717, 1.165) is 5.56 Å². The van der Waals surface area contributed by atoms with Crippen LogP contribution in [0.15, 0.2) is 24.3 Å². The Morgan fingerprint density at radius 3 is 2.94 bits per heavy atom. The van der Waals surface area contributed by atoms with Crippen LogP contribution in [-0.2, 0) is 4.74 Å². The monoisotopic (exact) mass is 231 g/mol. The van der Waals surface area contributed by atoms with Gasteiger partial charge in [0.15, 0.2) is 6.10 Å². The minimum absolute atomic E-state index is 0.0975. The van der Waals surface area contributed by atoms with Gasteiger partial charge in [-0.15, -0.1) is 0 Å². The zero-order chi connectivity index (χ0) is 12.1. The Hall–Kier alpha value is -1.37. The second kappa shape index (κ2) is 5.81. The molecule has 1 aliphatic carbocycles. The first-order valence-corrected chi connectivity index (χ1v) is 6.07. The van der Waals surface area contributed by atoms with Crippen molar-refractivity contribution in [3.63, 3.8) is 0 Å². The quantitative estimate of drug-likeness (QED) is 0.765. The van der Waals surface area contributed by atoms with E-state index in [1.54, 1.807) is 0 Å². The summed E-state index contributed by atoms with van der Waals surface area (Å²) in [5, 5.41) is 17.8. The Bertz CT molecular complexity index is 407. The van der Waals surface area contributed by atoms with Crippen LogP contribution in [0, 0.1) is 11.3 Å². The van der Waals surface area contributed by atoms with E-state index in [1.807, 2.05) is 12.1 Å². The van der Waals surface area contributed by atoms with Gasteiger partial charge in [0.05, 0.1) is 12.7 Å². The molecule has 3 nitrogen and oxygen atoms in total. The summed E-state index contributed by atoms with van der Waals surface area (Å²) in [5.74, 6) is 0.687. The van der Waals surface area contributed by atoms with Crippen LogP contribution in [0.1, 0.15) is 42.4 Å². The molecule has 0 spiro atoms. The maximum absolute atomic E-state index is 9.09. The van der Waals surface area contributed by atoms with E-state index in [2.05, 4.69) is 18.2 Å². The van der Waals surface area contributed by atoms with Gasteiger partial charge in [-0.2, -0.15) is 5.26 Å². The molecule has 3 heteroatoms. The Morgan fingerprint density at radius 1 is 1.47 bits per heavy atom. The molecular formula is C14H17NO2. The lowest BCUT2D eigenvalue weighted by molar-refractivity contribution is 0.0773. The lowest BCUT2D eigenvalue weighted by Gasteiger charge is -2.11. The van der Waals surface area contributed by atoms with E-state index in [4.69, 9.17) is 15.1 Å². The molecule has 1 N–H and O–H groups in total. The maximum atomic E-state index is 9.09. The molecule has 1 unspecified atom stereocenters. The molecule has 0 aliphatic heterocycles. The van der Waals surface area contributed by atoms with Gasteiger partial charge >= 0.3 is 0 Å². The van der Waals surface area contributed by atoms with Gasteiger partial charge in [-0.25, -0.2) is 0 Å². The highest BCUT2D eigenvalue weighted by Crippen LogP contribution is 2.40. The van der Waals surface area contributed by atoms with Crippen LogP contribution in [0.5, 0.6) is 0 Å². The Balaban J connectivity index is 2.02. The first-order valence-electron chi connectivity index (χ1n) is 6.07. The molecule has 17 heavy (non-hydrogen) atoms. The van der Waals surface area contributed by atoms with Crippen LogP contribution in [-0.4, -0.2) is 18.3 Å². The Kier molecular flexibility index (Phi) is 4.13. The third-order valence-corrected chi connectivity index (χ3v) is 2.97. The second-order valence-electron chi connectivity index (χ2n) is 4.40. The molecule has 1 fully saturated rings.